The Labute approximate surface area is 117 Å². The van der Waals surface area contributed by atoms with E-state index in [1.54, 1.807) is 17.5 Å². The number of aryl methyl sites for hydroxylation is 2. The van der Waals surface area contributed by atoms with E-state index in [1.807, 2.05) is 26.3 Å². The first-order chi connectivity index (χ1) is 9.09. The zero-order valence-electron chi connectivity index (χ0n) is 11.6. The summed E-state index contributed by atoms with van der Waals surface area (Å²) >= 11 is 1.68. The Morgan fingerprint density at radius 3 is 2.74 bits per heavy atom. The molecule has 0 unspecified atom stereocenters. The van der Waals surface area contributed by atoms with Gasteiger partial charge < -0.3 is 10.5 Å². The predicted molar refractivity (Wildman–Crippen MR) is 78.3 cm³/mol. The second kappa shape index (κ2) is 6.12. The van der Waals surface area contributed by atoms with Crippen LogP contribution in [-0.4, -0.2) is 16.6 Å². The summed E-state index contributed by atoms with van der Waals surface area (Å²) in [5.41, 5.74) is 12.7. The number of nitrogen functional groups attached to an aromatic ring is 1. The fraction of sp³-hybridized carbons (Fsp3) is 0.429. The molecule has 0 aliphatic carbocycles. The molecular formula is C14H19N3OS. The standard InChI is InChI=1S/C14H19N3OS/c1-9-6-16-12(10(2)14(9)15)7-18-5-4-13-11(3)17-8-19-13/h6,8H,4-5,7H2,1-3H3,(H2,15,16). The van der Waals surface area contributed by atoms with Crippen LogP contribution < -0.4 is 5.73 Å². The normalized spacial score (nSPS) is 10.9. The molecule has 0 bridgehead atoms. The number of aromatic nitrogens is 2. The van der Waals surface area contributed by atoms with Crippen molar-refractivity contribution in [3.05, 3.63) is 39.1 Å². The molecule has 2 heterocycles. The first-order valence-electron chi connectivity index (χ1n) is 6.27. The van der Waals surface area contributed by atoms with E-state index < -0.39 is 0 Å². The molecule has 19 heavy (non-hydrogen) atoms. The molecule has 0 amide bonds. The van der Waals surface area contributed by atoms with Crippen molar-refractivity contribution in [2.24, 2.45) is 0 Å². The van der Waals surface area contributed by atoms with Gasteiger partial charge in [0.25, 0.3) is 0 Å². The molecule has 2 aromatic heterocycles. The third-order valence-electron chi connectivity index (χ3n) is 3.23. The van der Waals surface area contributed by atoms with Crippen LogP contribution in [0, 0.1) is 20.8 Å². The number of thiazole rings is 1. The maximum Gasteiger partial charge on any atom is 0.0891 e. The number of hydrogen-bond donors (Lipinski definition) is 1. The highest BCUT2D eigenvalue weighted by molar-refractivity contribution is 7.09. The lowest BCUT2D eigenvalue weighted by Crippen LogP contribution is -2.05. The first kappa shape index (κ1) is 14.0. The quantitative estimate of drug-likeness (QED) is 0.854. The Balaban J connectivity index is 1.86. The minimum Gasteiger partial charge on any atom is -0.398 e. The van der Waals surface area contributed by atoms with Crippen molar-refractivity contribution in [1.29, 1.82) is 0 Å². The summed E-state index contributed by atoms with van der Waals surface area (Å²) in [6, 6.07) is 0. The number of hydrogen-bond acceptors (Lipinski definition) is 5. The van der Waals surface area contributed by atoms with Crippen molar-refractivity contribution in [1.82, 2.24) is 9.97 Å². The summed E-state index contributed by atoms with van der Waals surface area (Å²) in [5, 5.41) is 0. The molecule has 2 N–H and O–H groups in total. The fourth-order valence-electron chi connectivity index (χ4n) is 1.84. The van der Waals surface area contributed by atoms with Gasteiger partial charge in [-0.2, -0.15) is 0 Å². The zero-order valence-corrected chi connectivity index (χ0v) is 12.4. The van der Waals surface area contributed by atoms with Gasteiger partial charge in [-0.1, -0.05) is 0 Å². The second-order valence-electron chi connectivity index (χ2n) is 4.59. The van der Waals surface area contributed by atoms with Gasteiger partial charge in [0.1, 0.15) is 0 Å². The molecule has 102 valence electrons. The Morgan fingerprint density at radius 2 is 2.05 bits per heavy atom. The van der Waals surface area contributed by atoms with E-state index in [9.17, 15) is 0 Å². The highest BCUT2D eigenvalue weighted by atomic mass is 32.1. The lowest BCUT2D eigenvalue weighted by Gasteiger charge is -2.10. The van der Waals surface area contributed by atoms with E-state index in [1.165, 1.54) is 4.88 Å². The molecule has 0 atom stereocenters. The van der Waals surface area contributed by atoms with E-state index in [0.29, 0.717) is 13.2 Å². The van der Waals surface area contributed by atoms with Gasteiger partial charge in [0, 0.05) is 23.2 Å². The van der Waals surface area contributed by atoms with E-state index in [4.69, 9.17) is 10.5 Å². The molecule has 0 aromatic carbocycles. The van der Waals surface area contributed by atoms with Gasteiger partial charge in [-0.3, -0.25) is 4.98 Å². The van der Waals surface area contributed by atoms with Crippen LogP contribution in [0.25, 0.3) is 0 Å². The van der Waals surface area contributed by atoms with Crippen LogP contribution in [0.15, 0.2) is 11.7 Å². The van der Waals surface area contributed by atoms with Gasteiger partial charge in [0.2, 0.25) is 0 Å². The van der Waals surface area contributed by atoms with Crippen LogP contribution in [0.3, 0.4) is 0 Å². The van der Waals surface area contributed by atoms with E-state index in [-0.39, 0.29) is 0 Å². The monoisotopic (exact) mass is 277 g/mol. The molecule has 0 radical (unpaired) electrons. The van der Waals surface area contributed by atoms with Gasteiger partial charge in [-0.05, 0) is 31.9 Å². The highest BCUT2D eigenvalue weighted by Crippen LogP contribution is 2.18. The third-order valence-corrected chi connectivity index (χ3v) is 4.23. The van der Waals surface area contributed by atoms with Crippen molar-refractivity contribution in [3.8, 4) is 0 Å². The molecule has 0 aliphatic heterocycles. The smallest absolute Gasteiger partial charge is 0.0891 e. The summed E-state index contributed by atoms with van der Waals surface area (Å²) in [5.74, 6) is 0. The highest BCUT2D eigenvalue weighted by Gasteiger charge is 2.07. The topological polar surface area (TPSA) is 61.0 Å². The minimum absolute atomic E-state index is 0.508. The summed E-state index contributed by atoms with van der Waals surface area (Å²) < 4.78 is 5.68. The van der Waals surface area contributed by atoms with Crippen LogP contribution in [0.1, 0.15) is 27.4 Å². The fourth-order valence-corrected chi connectivity index (χ4v) is 2.60. The molecule has 4 nitrogen and oxygen atoms in total. The Bertz CT molecular complexity index is 566. The van der Waals surface area contributed by atoms with Crippen LogP contribution in [-0.2, 0) is 17.8 Å². The van der Waals surface area contributed by atoms with Gasteiger partial charge in [-0.15, -0.1) is 11.3 Å². The Hall–Kier alpha value is -1.46. The van der Waals surface area contributed by atoms with E-state index in [2.05, 4.69) is 9.97 Å². The molecule has 5 heteroatoms. The average molecular weight is 277 g/mol. The van der Waals surface area contributed by atoms with Gasteiger partial charge >= 0.3 is 0 Å². The third kappa shape index (κ3) is 3.30. The van der Waals surface area contributed by atoms with Crippen LogP contribution >= 0.6 is 11.3 Å². The number of nitrogens with zero attached hydrogens (tertiary/aromatic N) is 2. The lowest BCUT2D eigenvalue weighted by molar-refractivity contribution is 0.121. The molecule has 0 saturated heterocycles. The number of anilines is 1. The van der Waals surface area contributed by atoms with Crippen molar-refractivity contribution in [2.45, 2.75) is 33.8 Å². The average Bonchev–Trinajstić information content (AvgIpc) is 2.80. The summed E-state index contributed by atoms with van der Waals surface area (Å²) in [4.78, 5) is 9.88. The summed E-state index contributed by atoms with van der Waals surface area (Å²) in [6.07, 6.45) is 2.70. The van der Waals surface area contributed by atoms with Gasteiger partial charge in [-0.25, -0.2) is 4.98 Å². The number of ether oxygens (including phenoxy) is 1. The molecule has 0 fully saturated rings. The first-order valence-corrected chi connectivity index (χ1v) is 7.14. The maximum absolute atomic E-state index is 5.98. The summed E-state index contributed by atoms with van der Waals surface area (Å²) in [7, 11) is 0. The molecule has 0 spiro atoms. The number of rotatable bonds is 5. The minimum atomic E-state index is 0.508. The SMILES string of the molecule is Cc1cnc(COCCc2scnc2C)c(C)c1N. The van der Waals surface area contributed by atoms with Gasteiger partial charge in [0.15, 0.2) is 0 Å². The number of nitrogens with two attached hydrogens (primary N) is 1. The largest absolute Gasteiger partial charge is 0.398 e. The van der Waals surface area contributed by atoms with Crippen molar-refractivity contribution in [2.75, 3.05) is 12.3 Å². The van der Waals surface area contributed by atoms with Crippen molar-refractivity contribution >= 4 is 17.0 Å². The molecule has 0 aliphatic rings. The van der Waals surface area contributed by atoms with Crippen molar-refractivity contribution in [3.63, 3.8) is 0 Å². The lowest BCUT2D eigenvalue weighted by atomic mass is 10.1. The summed E-state index contributed by atoms with van der Waals surface area (Å²) in [6.45, 7) is 7.16. The molecule has 2 rings (SSSR count). The molecule has 2 aromatic rings. The molecule has 0 saturated carbocycles. The van der Waals surface area contributed by atoms with Crippen molar-refractivity contribution < 1.29 is 4.74 Å². The molecular weight excluding hydrogens is 258 g/mol. The van der Waals surface area contributed by atoms with Crippen LogP contribution in [0.4, 0.5) is 5.69 Å². The second-order valence-corrected chi connectivity index (χ2v) is 5.53. The van der Waals surface area contributed by atoms with E-state index >= 15 is 0 Å². The van der Waals surface area contributed by atoms with Gasteiger partial charge in [0.05, 0.1) is 30.1 Å². The van der Waals surface area contributed by atoms with E-state index in [0.717, 1.165) is 34.6 Å². The number of pyridine rings is 1. The van der Waals surface area contributed by atoms with Crippen LogP contribution in [0.2, 0.25) is 0 Å². The Kier molecular flexibility index (Phi) is 4.50. The predicted octanol–water partition coefficient (Wildman–Crippen LogP) is 2.80. The maximum atomic E-state index is 5.98. The zero-order chi connectivity index (χ0) is 13.8. The van der Waals surface area contributed by atoms with Crippen LogP contribution in [0.5, 0.6) is 0 Å². The Morgan fingerprint density at radius 1 is 1.26 bits per heavy atom.